The van der Waals surface area contributed by atoms with Gasteiger partial charge in [-0.1, -0.05) is 6.92 Å². The molecule has 0 bridgehead atoms. The van der Waals surface area contributed by atoms with Crippen molar-refractivity contribution < 1.29 is 0 Å². The van der Waals surface area contributed by atoms with E-state index >= 15 is 0 Å². The van der Waals surface area contributed by atoms with Gasteiger partial charge in [-0.25, -0.2) is 9.97 Å². The van der Waals surface area contributed by atoms with Crippen LogP contribution < -0.4 is 0 Å². The second-order valence-corrected chi connectivity index (χ2v) is 3.60. The minimum atomic E-state index is 0.928. The Balaban J connectivity index is 2.32. The molecule has 2 heterocycles. The Bertz CT molecular complexity index is 309. The molecule has 1 aliphatic heterocycles. The molecule has 0 atom stereocenters. The van der Waals surface area contributed by atoms with E-state index in [1.54, 1.807) is 0 Å². The summed E-state index contributed by atoms with van der Waals surface area (Å²) in [6.07, 6.45) is 4.01. The molecule has 1 aliphatic rings. The van der Waals surface area contributed by atoms with Gasteiger partial charge in [0.1, 0.15) is 5.82 Å². The highest BCUT2D eigenvalue weighted by Gasteiger charge is 2.14. The molecule has 0 saturated heterocycles. The van der Waals surface area contributed by atoms with Crippen LogP contribution in [0.5, 0.6) is 0 Å². The highest BCUT2D eigenvalue weighted by Crippen LogP contribution is 2.14. The van der Waals surface area contributed by atoms with Crippen LogP contribution in [0.2, 0.25) is 0 Å². The molecule has 1 aromatic rings. The number of aromatic nitrogens is 2. The van der Waals surface area contributed by atoms with E-state index in [1.807, 2.05) is 6.20 Å². The van der Waals surface area contributed by atoms with Gasteiger partial charge in [0.05, 0.1) is 5.69 Å². The molecule has 0 spiro atoms. The summed E-state index contributed by atoms with van der Waals surface area (Å²) < 4.78 is 0. The summed E-state index contributed by atoms with van der Waals surface area (Å²) in [6, 6.07) is 0. The molecule has 3 nitrogen and oxygen atoms in total. The Labute approximate surface area is 78.8 Å². The minimum Gasteiger partial charge on any atom is -0.300 e. The predicted octanol–water partition coefficient (Wildman–Crippen LogP) is 1.03. The monoisotopic (exact) mass is 177 g/mol. The van der Waals surface area contributed by atoms with Gasteiger partial charge >= 0.3 is 0 Å². The van der Waals surface area contributed by atoms with Gasteiger partial charge in [-0.05, 0) is 19.0 Å². The summed E-state index contributed by atoms with van der Waals surface area (Å²) in [5, 5.41) is 0. The van der Waals surface area contributed by atoms with E-state index in [1.165, 1.54) is 11.3 Å². The zero-order valence-electron chi connectivity index (χ0n) is 8.25. The highest BCUT2D eigenvalue weighted by atomic mass is 15.1. The number of rotatable bonds is 1. The van der Waals surface area contributed by atoms with Gasteiger partial charge in [-0.15, -0.1) is 0 Å². The third-order valence-corrected chi connectivity index (χ3v) is 2.50. The first kappa shape index (κ1) is 8.63. The second-order valence-electron chi connectivity index (χ2n) is 3.60. The van der Waals surface area contributed by atoms with Crippen LogP contribution >= 0.6 is 0 Å². The molecule has 0 N–H and O–H groups in total. The van der Waals surface area contributed by atoms with Gasteiger partial charge in [-0.3, -0.25) is 0 Å². The number of likely N-dealkylation sites (N-methyl/N-ethyl adjacent to an activating group) is 1. The van der Waals surface area contributed by atoms with Crippen LogP contribution in [0.3, 0.4) is 0 Å². The first-order chi connectivity index (χ1) is 6.29. The Kier molecular flexibility index (Phi) is 2.27. The van der Waals surface area contributed by atoms with Gasteiger partial charge in [-0.2, -0.15) is 0 Å². The number of aryl methyl sites for hydroxylation is 1. The van der Waals surface area contributed by atoms with E-state index in [2.05, 4.69) is 28.8 Å². The smallest absolute Gasteiger partial charge is 0.128 e. The molecule has 70 valence electrons. The lowest BCUT2D eigenvalue weighted by Gasteiger charge is -2.23. The van der Waals surface area contributed by atoms with Crippen LogP contribution in [0.25, 0.3) is 0 Å². The van der Waals surface area contributed by atoms with Gasteiger partial charge in [0, 0.05) is 25.7 Å². The SMILES string of the molecule is CCc1ncc2c(n1)CN(C)CC2. The highest BCUT2D eigenvalue weighted by molar-refractivity contribution is 5.20. The Morgan fingerprint density at radius 1 is 1.54 bits per heavy atom. The topological polar surface area (TPSA) is 29.0 Å². The fourth-order valence-electron chi connectivity index (χ4n) is 1.65. The molecule has 0 unspecified atom stereocenters. The lowest BCUT2D eigenvalue weighted by atomic mass is 10.1. The molecular weight excluding hydrogens is 162 g/mol. The van der Waals surface area contributed by atoms with Crippen LogP contribution in [-0.4, -0.2) is 28.5 Å². The van der Waals surface area contributed by atoms with E-state index < -0.39 is 0 Å². The van der Waals surface area contributed by atoms with Gasteiger partial charge in [0.25, 0.3) is 0 Å². The first-order valence-electron chi connectivity index (χ1n) is 4.82. The summed E-state index contributed by atoms with van der Waals surface area (Å²) in [6.45, 7) is 4.20. The molecule has 3 heteroatoms. The van der Waals surface area contributed by atoms with E-state index in [0.29, 0.717) is 0 Å². The molecule has 2 rings (SSSR count). The maximum absolute atomic E-state index is 4.53. The van der Waals surface area contributed by atoms with Crippen molar-refractivity contribution in [3.63, 3.8) is 0 Å². The lowest BCUT2D eigenvalue weighted by molar-refractivity contribution is 0.306. The minimum absolute atomic E-state index is 0.928. The second kappa shape index (κ2) is 3.42. The largest absolute Gasteiger partial charge is 0.300 e. The van der Waals surface area contributed by atoms with E-state index in [9.17, 15) is 0 Å². The standard InChI is InChI=1S/C10H15N3/c1-3-10-11-6-8-4-5-13(2)7-9(8)12-10/h6H,3-5,7H2,1-2H3. The fourth-order valence-corrected chi connectivity index (χ4v) is 1.65. The molecule has 0 amide bonds. The average Bonchev–Trinajstić information content (AvgIpc) is 2.16. The maximum atomic E-state index is 4.53. The number of hydrogen-bond donors (Lipinski definition) is 0. The third-order valence-electron chi connectivity index (χ3n) is 2.50. The summed E-state index contributed by atoms with van der Waals surface area (Å²) >= 11 is 0. The van der Waals surface area contributed by atoms with Crippen LogP contribution in [-0.2, 0) is 19.4 Å². The number of fused-ring (bicyclic) bond motifs is 1. The molecule has 1 aromatic heterocycles. The maximum Gasteiger partial charge on any atom is 0.128 e. The summed E-state index contributed by atoms with van der Waals surface area (Å²) in [5.41, 5.74) is 2.55. The van der Waals surface area contributed by atoms with Gasteiger partial charge < -0.3 is 4.90 Å². The molecule has 13 heavy (non-hydrogen) atoms. The fraction of sp³-hybridized carbons (Fsp3) is 0.600. The number of nitrogens with zero attached hydrogens (tertiary/aromatic N) is 3. The number of hydrogen-bond acceptors (Lipinski definition) is 3. The summed E-state index contributed by atoms with van der Waals surface area (Å²) in [4.78, 5) is 11.1. The molecule has 0 saturated carbocycles. The first-order valence-corrected chi connectivity index (χ1v) is 4.82. The molecule has 0 aromatic carbocycles. The van der Waals surface area contributed by atoms with E-state index in [4.69, 9.17) is 0 Å². The molecule has 0 radical (unpaired) electrons. The van der Waals surface area contributed by atoms with Crippen molar-refractivity contribution in [3.8, 4) is 0 Å². The molecule has 0 aliphatic carbocycles. The van der Waals surface area contributed by atoms with Crippen molar-refractivity contribution in [2.24, 2.45) is 0 Å². The van der Waals surface area contributed by atoms with E-state index in [0.717, 1.165) is 31.8 Å². The van der Waals surface area contributed by atoms with Crippen molar-refractivity contribution >= 4 is 0 Å². The van der Waals surface area contributed by atoms with Crippen molar-refractivity contribution in [1.82, 2.24) is 14.9 Å². The third kappa shape index (κ3) is 1.70. The lowest BCUT2D eigenvalue weighted by Crippen LogP contribution is -2.27. The Morgan fingerprint density at radius 3 is 3.15 bits per heavy atom. The Hall–Kier alpha value is -0.960. The van der Waals surface area contributed by atoms with Crippen LogP contribution in [0.4, 0.5) is 0 Å². The van der Waals surface area contributed by atoms with Crippen LogP contribution in [0, 0.1) is 0 Å². The van der Waals surface area contributed by atoms with Crippen LogP contribution in [0.15, 0.2) is 6.20 Å². The van der Waals surface area contributed by atoms with Crippen molar-refractivity contribution in [2.75, 3.05) is 13.6 Å². The van der Waals surface area contributed by atoms with E-state index in [-0.39, 0.29) is 0 Å². The predicted molar refractivity (Wildman–Crippen MR) is 51.4 cm³/mol. The van der Waals surface area contributed by atoms with Crippen molar-refractivity contribution in [2.45, 2.75) is 26.3 Å². The van der Waals surface area contributed by atoms with Crippen molar-refractivity contribution in [3.05, 3.63) is 23.3 Å². The Morgan fingerprint density at radius 2 is 2.38 bits per heavy atom. The quantitative estimate of drug-likeness (QED) is 0.641. The van der Waals surface area contributed by atoms with Crippen molar-refractivity contribution in [1.29, 1.82) is 0 Å². The van der Waals surface area contributed by atoms with Crippen LogP contribution in [0.1, 0.15) is 24.0 Å². The average molecular weight is 177 g/mol. The summed E-state index contributed by atoms with van der Waals surface area (Å²) in [7, 11) is 2.14. The zero-order valence-corrected chi connectivity index (χ0v) is 8.25. The molecule has 0 fully saturated rings. The summed E-state index contributed by atoms with van der Waals surface area (Å²) in [5.74, 6) is 0.967. The van der Waals surface area contributed by atoms with Gasteiger partial charge in [0.15, 0.2) is 0 Å². The molecular formula is C10H15N3. The zero-order chi connectivity index (χ0) is 9.26. The normalized spacial score (nSPS) is 17.1. The van der Waals surface area contributed by atoms with Gasteiger partial charge in [0.2, 0.25) is 0 Å².